The summed E-state index contributed by atoms with van der Waals surface area (Å²) in [7, 11) is 0. The zero-order valence-corrected chi connectivity index (χ0v) is 14.1. The van der Waals surface area contributed by atoms with E-state index in [-0.39, 0.29) is 5.82 Å². The summed E-state index contributed by atoms with van der Waals surface area (Å²) >= 11 is 6.37. The third-order valence-corrected chi connectivity index (χ3v) is 4.76. The fourth-order valence-corrected chi connectivity index (χ4v) is 3.45. The van der Waals surface area contributed by atoms with Crippen LogP contribution in [0, 0.1) is 5.82 Å². The van der Waals surface area contributed by atoms with Gasteiger partial charge >= 0.3 is 0 Å². The van der Waals surface area contributed by atoms with Gasteiger partial charge in [0.25, 0.3) is 0 Å². The van der Waals surface area contributed by atoms with E-state index in [1.54, 1.807) is 12.1 Å². The van der Waals surface area contributed by atoms with Gasteiger partial charge in [0.15, 0.2) is 6.23 Å². The molecule has 0 aliphatic carbocycles. The number of aliphatic hydroxyl groups excluding tert-OH is 3. The lowest BCUT2D eigenvalue weighted by Gasteiger charge is -2.17. The van der Waals surface area contributed by atoms with Crippen LogP contribution < -0.4 is 0 Å². The van der Waals surface area contributed by atoms with Crippen molar-refractivity contribution in [2.75, 3.05) is 6.61 Å². The van der Waals surface area contributed by atoms with Crippen LogP contribution in [-0.4, -0.2) is 54.8 Å². The molecular weight excluding hydrogens is 365 g/mol. The minimum absolute atomic E-state index is 0.317. The number of nitrogens with zero attached hydrogens (tertiary/aromatic N) is 3. The predicted molar refractivity (Wildman–Crippen MR) is 90.9 cm³/mol. The lowest BCUT2D eigenvalue weighted by molar-refractivity contribution is -0.0508. The molecule has 1 aliphatic heterocycles. The van der Waals surface area contributed by atoms with Crippen molar-refractivity contribution in [1.29, 1.82) is 0 Å². The van der Waals surface area contributed by atoms with Crippen LogP contribution in [0.5, 0.6) is 0 Å². The van der Waals surface area contributed by atoms with Crippen LogP contribution in [0.3, 0.4) is 0 Å². The number of hydrogen-bond acceptors (Lipinski definition) is 6. The number of aliphatic hydroxyl groups is 3. The Morgan fingerprint density at radius 1 is 1.15 bits per heavy atom. The Morgan fingerprint density at radius 3 is 2.54 bits per heavy atom. The molecule has 0 unspecified atom stereocenters. The minimum Gasteiger partial charge on any atom is -0.394 e. The molecule has 0 bridgehead atoms. The summed E-state index contributed by atoms with van der Waals surface area (Å²) in [5.41, 5.74) is 1.55. The van der Waals surface area contributed by atoms with Gasteiger partial charge in [0, 0.05) is 11.8 Å². The van der Waals surface area contributed by atoms with E-state index < -0.39 is 31.1 Å². The molecule has 2 aromatic heterocycles. The Morgan fingerprint density at radius 2 is 1.88 bits per heavy atom. The molecule has 0 spiro atoms. The molecule has 0 saturated carbocycles. The number of halogens is 2. The van der Waals surface area contributed by atoms with Gasteiger partial charge in [0.1, 0.15) is 36.1 Å². The van der Waals surface area contributed by atoms with Crippen molar-refractivity contribution in [1.82, 2.24) is 14.5 Å². The molecular formula is C17H15ClFN3O4. The third kappa shape index (κ3) is 2.67. The smallest absolute Gasteiger partial charge is 0.164 e. The van der Waals surface area contributed by atoms with E-state index in [9.17, 15) is 19.7 Å². The van der Waals surface area contributed by atoms with Gasteiger partial charge in [-0.15, -0.1) is 0 Å². The van der Waals surface area contributed by atoms with Crippen molar-refractivity contribution in [2.45, 2.75) is 24.5 Å². The highest BCUT2D eigenvalue weighted by molar-refractivity contribution is 6.36. The van der Waals surface area contributed by atoms with Crippen LogP contribution in [-0.2, 0) is 4.74 Å². The Bertz CT molecular complexity index is 949. The van der Waals surface area contributed by atoms with Crippen LogP contribution in [0.4, 0.5) is 4.39 Å². The highest BCUT2D eigenvalue weighted by Gasteiger charge is 2.44. The molecule has 3 aromatic rings. The zero-order chi connectivity index (χ0) is 18.4. The summed E-state index contributed by atoms with van der Waals surface area (Å²) in [4.78, 5) is 8.47. The van der Waals surface area contributed by atoms with Gasteiger partial charge in [0.05, 0.1) is 22.7 Å². The first-order chi connectivity index (χ1) is 12.5. The second-order valence-corrected chi connectivity index (χ2v) is 6.45. The van der Waals surface area contributed by atoms with Crippen molar-refractivity contribution < 1.29 is 24.4 Å². The SMILES string of the molecule is OC[C@H]1O[C@@H](n2cc(Cl)c3c(-c4ccc(F)cc4)ncnc32)[C@H](O)[C@@H]1O. The summed E-state index contributed by atoms with van der Waals surface area (Å²) in [5, 5.41) is 30.3. The van der Waals surface area contributed by atoms with Gasteiger partial charge in [-0.25, -0.2) is 14.4 Å². The topological polar surface area (TPSA) is 101 Å². The van der Waals surface area contributed by atoms with Crippen LogP contribution in [0.25, 0.3) is 22.3 Å². The van der Waals surface area contributed by atoms with E-state index in [4.69, 9.17) is 16.3 Å². The van der Waals surface area contributed by atoms with E-state index in [1.807, 2.05) is 0 Å². The predicted octanol–water partition coefficient (Wildman–Crippen LogP) is 1.50. The van der Waals surface area contributed by atoms with Crippen LogP contribution in [0.1, 0.15) is 6.23 Å². The Labute approximate surface area is 152 Å². The number of aromatic nitrogens is 3. The highest BCUT2D eigenvalue weighted by atomic mass is 35.5. The van der Waals surface area contributed by atoms with Crippen molar-refractivity contribution in [3.63, 3.8) is 0 Å². The fourth-order valence-electron chi connectivity index (χ4n) is 3.17. The molecule has 7 nitrogen and oxygen atoms in total. The molecule has 4 rings (SSSR count). The third-order valence-electron chi connectivity index (χ3n) is 4.47. The van der Waals surface area contributed by atoms with Crippen LogP contribution in [0.15, 0.2) is 36.8 Å². The minimum atomic E-state index is -1.26. The summed E-state index contributed by atoms with van der Waals surface area (Å²) in [6.45, 7) is -0.433. The molecule has 4 atom stereocenters. The van der Waals surface area contributed by atoms with Crippen molar-refractivity contribution in [2.24, 2.45) is 0 Å². The van der Waals surface area contributed by atoms with Gasteiger partial charge < -0.3 is 24.6 Å². The van der Waals surface area contributed by atoms with Gasteiger partial charge in [-0.1, -0.05) is 11.6 Å². The average molecular weight is 380 g/mol. The van der Waals surface area contributed by atoms with Gasteiger partial charge in [-0.05, 0) is 24.3 Å². The maximum absolute atomic E-state index is 13.2. The maximum atomic E-state index is 13.2. The van der Waals surface area contributed by atoms with Crippen molar-refractivity contribution >= 4 is 22.6 Å². The molecule has 3 heterocycles. The monoisotopic (exact) mass is 379 g/mol. The summed E-state index contributed by atoms with van der Waals surface area (Å²) in [5.74, 6) is -0.366. The van der Waals surface area contributed by atoms with Gasteiger partial charge in [0.2, 0.25) is 0 Å². The van der Waals surface area contributed by atoms with E-state index in [0.29, 0.717) is 27.3 Å². The van der Waals surface area contributed by atoms with E-state index >= 15 is 0 Å². The zero-order valence-electron chi connectivity index (χ0n) is 13.3. The summed E-state index contributed by atoms with van der Waals surface area (Å²) in [6, 6.07) is 5.80. The number of hydrogen-bond donors (Lipinski definition) is 3. The van der Waals surface area contributed by atoms with E-state index in [1.165, 1.54) is 29.2 Å². The molecule has 136 valence electrons. The summed E-state index contributed by atoms with van der Waals surface area (Å²) < 4.78 is 20.2. The first-order valence-corrected chi connectivity index (χ1v) is 8.28. The molecule has 0 amide bonds. The fraction of sp³-hybridized carbons (Fsp3) is 0.294. The lowest BCUT2D eigenvalue weighted by atomic mass is 10.1. The average Bonchev–Trinajstić information content (AvgIpc) is 3.13. The molecule has 1 fully saturated rings. The van der Waals surface area contributed by atoms with Gasteiger partial charge in [-0.2, -0.15) is 0 Å². The molecule has 26 heavy (non-hydrogen) atoms. The number of benzene rings is 1. The molecule has 3 N–H and O–H groups in total. The second kappa shape index (κ2) is 6.57. The van der Waals surface area contributed by atoms with Crippen molar-refractivity contribution in [3.8, 4) is 11.3 Å². The normalized spacial score (nSPS) is 25.9. The standard InChI is InChI=1S/C17H15ClFN3O4/c18-10-5-22(17-15(25)14(24)11(6-23)26-17)16-12(10)13(20-7-21-16)8-1-3-9(19)4-2-8/h1-5,7,11,14-15,17,23-25H,6H2/t11-,14-,15-,17-/m1/s1. The Kier molecular flexibility index (Phi) is 4.37. The molecule has 1 aliphatic rings. The quantitative estimate of drug-likeness (QED) is 0.637. The van der Waals surface area contributed by atoms with Crippen LogP contribution >= 0.6 is 11.6 Å². The first-order valence-electron chi connectivity index (χ1n) is 7.90. The number of rotatable bonds is 3. The van der Waals surface area contributed by atoms with E-state index in [0.717, 1.165) is 0 Å². The summed E-state index contributed by atoms with van der Waals surface area (Å²) in [6.07, 6.45) is -1.52. The molecule has 1 aromatic carbocycles. The Hall–Kier alpha value is -2.10. The lowest BCUT2D eigenvalue weighted by Crippen LogP contribution is -2.33. The van der Waals surface area contributed by atoms with Crippen molar-refractivity contribution in [3.05, 3.63) is 47.6 Å². The maximum Gasteiger partial charge on any atom is 0.164 e. The largest absolute Gasteiger partial charge is 0.394 e. The number of fused-ring (bicyclic) bond motifs is 1. The van der Waals surface area contributed by atoms with Gasteiger partial charge in [-0.3, -0.25) is 0 Å². The first kappa shape index (κ1) is 17.3. The molecule has 0 radical (unpaired) electrons. The second-order valence-electron chi connectivity index (χ2n) is 6.04. The van der Waals surface area contributed by atoms with E-state index in [2.05, 4.69) is 9.97 Å². The molecule has 1 saturated heterocycles. The Balaban J connectivity index is 1.84. The molecule has 9 heteroatoms. The van der Waals surface area contributed by atoms with Crippen LogP contribution in [0.2, 0.25) is 5.02 Å². The number of ether oxygens (including phenoxy) is 1. The highest BCUT2D eigenvalue weighted by Crippen LogP contribution is 2.37.